The summed E-state index contributed by atoms with van der Waals surface area (Å²) in [5.41, 5.74) is 2.35. The fraction of sp³-hybridized carbons (Fsp3) is 0.0455. The van der Waals surface area contributed by atoms with Gasteiger partial charge in [0.05, 0.1) is 17.6 Å². The Morgan fingerprint density at radius 2 is 2.00 bits per heavy atom. The van der Waals surface area contributed by atoms with Crippen LogP contribution in [0.4, 0.5) is 11.4 Å². The van der Waals surface area contributed by atoms with Crippen molar-refractivity contribution in [2.75, 3.05) is 12.4 Å². The van der Waals surface area contributed by atoms with E-state index in [0.717, 1.165) is 19.7 Å². The molecule has 0 saturated heterocycles. The predicted molar refractivity (Wildman–Crippen MR) is 143 cm³/mol. The average molecular weight is 653 g/mol. The van der Waals surface area contributed by atoms with E-state index in [1.165, 1.54) is 19.2 Å². The summed E-state index contributed by atoms with van der Waals surface area (Å²) in [6.07, 6.45) is 0. The highest BCUT2D eigenvalue weighted by atomic mass is 127. The first kappa shape index (κ1) is 24.0. The number of oxazole rings is 1. The molecule has 0 aliphatic rings. The van der Waals surface area contributed by atoms with Crippen molar-refractivity contribution in [2.24, 2.45) is 0 Å². The van der Waals surface area contributed by atoms with Crippen molar-refractivity contribution in [3.63, 3.8) is 0 Å². The molecule has 172 valence electrons. The van der Waals surface area contributed by atoms with E-state index in [9.17, 15) is 14.9 Å². The summed E-state index contributed by atoms with van der Waals surface area (Å²) in [6.45, 7) is 0. The third kappa shape index (κ3) is 5.18. The van der Waals surface area contributed by atoms with E-state index in [2.05, 4.69) is 54.1 Å². The van der Waals surface area contributed by atoms with Crippen LogP contribution in [0.3, 0.4) is 0 Å². The highest BCUT2D eigenvalue weighted by Crippen LogP contribution is 2.32. The number of amides is 1. The number of hydrogen-bond donors (Lipinski definition) is 2. The molecule has 0 spiro atoms. The van der Waals surface area contributed by atoms with Gasteiger partial charge in [-0.15, -0.1) is 0 Å². The number of nitro groups is 1. The molecule has 0 saturated carbocycles. The molecule has 0 fully saturated rings. The SMILES string of the molecule is COc1ccc(C(=O)NC(=S)Nc2ccc3oc(-c4cc(I)ccc4Br)nc3c2)cc1[N+](=O)[O-]. The molecule has 2 N–H and O–H groups in total. The zero-order valence-electron chi connectivity index (χ0n) is 17.3. The summed E-state index contributed by atoms with van der Waals surface area (Å²) in [6, 6.07) is 15.0. The molecule has 12 heteroatoms. The summed E-state index contributed by atoms with van der Waals surface area (Å²) in [4.78, 5) is 27.6. The summed E-state index contributed by atoms with van der Waals surface area (Å²) in [5.74, 6) is -0.0779. The molecular weight excluding hydrogens is 639 g/mol. The maximum absolute atomic E-state index is 12.5. The molecular formula is C22H14BrIN4O5S. The van der Waals surface area contributed by atoms with E-state index in [-0.39, 0.29) is 22.1 Å². The number of nitrogens with zero attached hydrogens (tertiary/aromatic N) is 2. The number of ether oxygens (including phenoxy) is 1. The first-order chi connectivity index (χ1) is 16.2. The van der Waals surface area contributed by atoms with Gasteiger partial charge in [0.2, 0.25) is 5.89 Å². The van der Waals surface area contributed by atoms with Gasteiger partial charge in [0.25, 0.3) is 5.91 Å². The third-order valence-corrected chi connectivity index (χ3v) is 6.24. The van der Waals surface area contributed by atoms with E-state index >= 15 is 0 Å². The lowest BCUT2D eigenvalue weighted by molar-refractivity contribution is -0.385. The van der Waals surface area contributed by atoms with Crippen LogP contribution in [-0.2, 0) is 0 Å². The van der Waals surface area contributed by atoms with Crippen LogP contribution in [0.15, 0.2) is 63.5 Å². The average Bonchev–Trinajstić information content (AvgIpc) is 3.23. The Hall–Kier alpha value is -3.10. The molecule has 34 heavy (non-hydrogen) atoms. The zero-order chi connectivity index (χ0) is 24.4. The van der Waals surface area contributed by atoms with Crippen LogP contribution in [0.5, 0.6) is 5.75 Å². The second kappa shape index (κ2) is 10.0. The fourth-order valence-corrected chi connectivity index (χ4v) is 4.21. The quantitative estimate of drug-likeness (QED) is 0.118. The number of hydrogen-bond acceptors (Lipinski definition) is 7. The molecule has 3 aromatic carbocycles. The number of carbonyl (C=O) groups is 1. The van der Waals surface area contributed by atoms with Crippen molar-refractivity contribution < 1.29 is 18.9 Å². The third-order valence-electron chi connectivity index (χ3n) is 4.67. The number of nitro benzene ring substituents is 1. The lowest BCUT2D eigenvalue weighted by Crippen LogP contribution is -2.34. The van der Waals surface area contributed by atoms with E-state index in [0.29, 0.717) is 22.7 Å². The molecule has 0 atom stereocenters. The van der Waals surface area contributed by atoms with Crippen molar-refractivity contribution in [3.05, 3.63) is 78.3 Å². The van der Waals surface area contributed by atoms with Crippen LogP contribution >= 0.6 is 50.7 Å². The lowest BCUT2D eigenvalue weighted by atomic mass is 10.1. The number of benzene rings is 3. The number of thiocarbonyl (C=S) groups is 1. The second-order valence-corrected chi connectivity index (χ2v) is 9.39. The van der Waals surface area contributed by atoms with E-state index in [1.807, 2.05) is 18.2 Å². The van der Waals surface area contributed by atoms with Crippen LogP contribution in [0.2, 0.25) is 0 Å². The van der Waals surface area contributed by atoms with Crippen molar-refractivity contribution >= 4 is 84.2 Å². The van der Waals surface area contributed by atoms with Crippen LogP contribution in [0.1, 0.15) is 10.4 Å². The first-order valence-electron chi connectivity index (χ1n) is 9.56. The van der Waals surface area contributed by atoms with Gasteiger partial charge in [0, 0.05) is 25.4 Å². The Kier molecular flexibility index (Phi) is 7.09. The van der Waals surface area contributed by atoms with Crippen molar-refractivity contribution in [2.45, 2.75) is 0 Å². The predicted octanol–water partition coefficient (Wildman–Crippen LogP) is 5.91. The number of methoxy groups -OCH3 is 1. The number of fused-ring (bicyclic) bond motifs is 1. The van der Waals surface area contributed by atoms with Gasteiger partial charge in [-0.05, 0) is 99.3 Å². The first-order valence-corrected chi connectivity index (χ1v) is 11.8. The topological polar surface area (TPSA) is 120 Å². The Balaban J connectivity index is 1.50. The summed E-state index contributed by atoms with van der Waals surface area (Å²) in [5, 5.41) is 16.6. The standard InChI is InChI=1S/C22H14BrIN4O5S/c1-32-19-6-2-11(8-17(19)28(30)31)20(29)27-22(34)25-13-4-7-18-16(10-13)26-21(33-18)14-9-12(24)3-5-15(14)23/h2-10H,1H3,(H2,25,27,29,34). The molecule has 0 unspecified atom stereocenters. The highest BCUT2D eigenvalue weighted by molar-refractivity contribution is 14.1. The van der Waals surface area contributed by atoms with Crippen LogP contribution < -0.4 is 15.4 Å². The minimum atomic E-state index is -0.623. The van der Waals surface area contributed by atoms with Gasteiger partial charge in [-0.25, -0.2) is 4.98 Å². The number of carbonyl (C=O) groups excluding carboxylic acids is 1. The number of nitrogens with one attached hydrogen (secondary N) is 2. The molecule has 0 radical (unpaired) electrons. The lowest BCUT2D eigenvalue weighted by Gasteiger charge is -2.10. The normalized spacial score (nSPS) is 10.7. The Morgan fingerprint density at radius 1 is 1.21 bits per heavy atom. The number of anilines is 1. The van der Waals surface area contributed by atoms with Gasteiger partial charge in [-0.1, -0.05) is 0 Å². The van der Waals surface area contributed by atoms with Gasteiger partial charge >= 0.3 is 5.69 Å². The maximum Gasteiger partial charge on any atom is 0.311 e. The largest absolute Gasteiger partial charge is 0.490 e. The Bertz CT molecular complexity index is 1460. The molecule has 0 aliphatic carbocycles. The minimum Gasteiger partial charge on any atom is -0.490 e. The van der Waals surface area contributed by atoms with Crippen LogP contribution in [0.25, 0.3) is 22.6 Å². The summed E-state index contributed by atoms with van der Waals surface area (Å²) in [7, 11) is 1.31. The molecule has 0 bridgehead atoms. The maximum atomic E-state index is 12.5. The van der Waals surface area contributed by atoms with Crippen molar-refractivity contribution in [1.29, 1.82) is 0 Å². The zero-order valence-corrected chi connectivity index (χ0v) is 21.9. The Labute approximate surface area is 220 Å². The smallest absolute Gasteiger partial charge is 0.311 e. The minimum absolute atomic E-state index is 0.0203. The number of halogens is 2. The molecule has 9 nitrogen and oxygen atoms in total. The van der Waals surface area contributed by atoms with Gasteiger partial charge in [-0.3, -0.25) is 20.2 Å². The van der Waals surface area contributed by atoms with Crippen molar-refractivity contribution in [1.82, 2.24) is 10.3 Å². The van der Waals surface area contributed by atoms with Gasteiger partial charge in [0.1, 0.15) is 5.52 Å². The van der Waals surface area contributed by atoms with E-state index in [1.54, 1.807) is 18.2 Å². The summed E-state index contributed by atoms with van der Waals surface area (Å²) < 4.78 is 12.7. The van der Waals surface area contributed by atoms with Gasteiger partial charge in [0.15, 0.2) is 16.4 Å². The monoisotopic (exact) mass is 652 g/mol. The Morgan fingerprint density at radius 3 is 2.74 bits per heavy atom. The van der Waals surface area contributed by atoms with Crippen molar-refractivity contribution in [3.8, 4) is 17.2 Å². The number of rotatable bonds is 5. The van der Waals surface area contributed by atoms with Gasteiger partial charge in [-0.2, -0.15) is 0 Å². The fourth-order valence-electron chi connectivity index (χ4n) is 3.09. The van der Waals surface area contributed by atoms with E-state index in [4.69, 9.17) is 21.4 Å². The molecule has 4 rings (SSSR count). The molecule has 0 aliphatic heterocycles. The molecule has 1 amide bonds. The highest BCUT2D eigenvalue weighted by Gasteiger charge is 2.19. The van der Waals surface area contributed by atoms with Crippen LogP contribution in [-0.4, -0.2) is 28.0 Å². The molecule has 4 aromatic rings. The van der Waals surface area contributed by atoms with E-state index < -0.39 is 10.8 Å². The summed E-state index contributed by atoms with van der Waals surface area (Å²) >= 11 is 11.0. The molecule has 1 heterocycles. The second-order valence-electron chi connectivity index (χ2n) is 6.88. The van der Waals surface area contributed by atoms with Gasteiger partial charge < -0.3 is 14.5 Å². The van der Waals surface area contributed by atoms with Crippen LogP contribution in [0, 0.1) is 13.7 Å². The number of aromatic nitrogens is 1. The molecule has 1 aromatic heterocycles.